The van der Waals surface area contributed by atoms with E-state index < -0.39 is 5.91 Å². The van der Waals surface area contributed by atoms with Gasteiger partial charge in [0.05, 0.1) is 30.6 Å². The zero-order chi connectivity index (χ0) is 21.8. The number of hydrogen-bond acceptors (Lipinski definition) is 7. The molecule has 1 amide bonds. The van der Waals surface area contributed by atoms with Gasteiger partial charge in [-0.2, -0.15) is 5.26 Å². The van der Waals surface area contributed by atoms with Crippen LogP contribution in [0.15, 0.2) is 36.4 Å². The lowest BCUT2D eigenvalue weighted by molar-refractivity contribution is 0.103. The fraction of sp³-hybridized carbons (Fsp3) is 0.143. The number of nitriles is 1. The van der Waals surface area contributed by atoms with Gasteiger partial charge in [0.2, 0.25) is 0 Å². The summed E-state index contributed by atoms with van der Waals surface area (Å²) in [6.45, 7) is 1.98. The van der Waals surface area contributed by atoms with Crippen LogP contribution in [0.4, 0.5) is 22.1 Å². The molecule has 0 atom stereocenters. The van der Waals surface area contributed by atoms with Gasteiger partial charge in [0.25, 0.3) is 5.91 Å². The van der Waals surface area contributed by atoms with Gasteiger partial charge in [-0.25, -0.2) is 0 Å². The molecule has 0 fully saturated rings. The van der Waals surface area contributed by atoms with Gasteiger partial charge >= 0.3 is 0 Å². The first-order chi connectivity index (χ1) is 14.4. The second kappa shape index (κ2) is 8.95. The highest BCUT2D eigenvalue weighted by Crippen LogP contribution is 2.39. The summed E-state index contributed by atoms with van der Waals surface area (Å²) in [4.78, 5) is 13.1. The van der Waals surface area contributed by atoms with E-state index in [1.807, 2.05) is 31.2 Å². The molecule has 0 aliphatic carbocycles. The third kappa shape index (κ3) is 4.27. The number of amides is 1. The molecule has 9 heteroatoms. The molecular formula is C21H19ClN4O3S. The average Bonchev–Trinajstić information content (AvgIpc) is 3.05. The van der Waals surface area contributed by atoms with Crippen molar-refractivity contribution in [3.05, 3.63) is 57.4 Å². The zero-order valence-electron chi connectivity index (χ0n) is 16.5. The van der Waals surface area contributed by atoms with Crippen LogP contribution in [0.2, 0.25) is 5.02 Å². The van der Waals surface area contributed by atoms with Crippen LogP contribution in [0.3, 0.4) is 0 Å². The standard InChI is InChI=1S/C21H19ClN4O3S/c1-11-4-6-12(7-5-11)25-21-13(10-23)18(24)19(30-21)20(27)26-15-8-14(22)16(28-2)9-17(15)29-3/h4-9,25H,24H2,1-3H3,(H,26,27). The molecule has 0 bridgehead atoms. The number of nitrogens with one attached hydrogen (secondary N) is 2. The van der Waals surface area contributed by atoms with Crippen molar-refractivity contribution in [3.63, 3.8) is 0 Å². The van der Waals surface area contributed by atoms with Crippen molar-refractivity contribution in [2.24, 2.45) is 0 Å². The lowest BCUT2D eigenvalue weighted by Gasteiger charge is -2.12. The minimum absolute atomic E-state index is 0.105. The molecular weight excluding hydrogens is 424 g/mol. The minimum atomic E-state index is -0.481. The lowest BCUT2D eigenvalue weighted by Crippen LogP contribution is -2.13. The molecule has 0 aliphatic rings. The van der Waals surface area contributed by atoms with Crippen molar-refractivity contribution < 1.29 is 14.3 Å². The van der Waals surface area contributed by atoms with Crippen LogP contribution in [0.5, 0.6) is 11.5 Å². The second-order valence-corrected chi connectivity index (χ2v) is 7.72. The summed E-state index contributed by atoms with van der Waals surface area (Å²) >= 11 is 7.26. The van der Waals surface area contributed by atoms with E-state index in [1.54, 1.807) is 6.07 Å². The molecule has 1 heterocycles. The molecule has 1 aromatic heterocycles. The Hall–Kier alpha value is -3.41. The van der Waals surface area contributed by atoms with Gasteiger partial charge in [-0.3, -0.25) is 4.79 Å². The maximum absolute atomic E-state index is 12.9. The van der Waals surface area contributed by atoms with Crippen LogP contribution < -0.4 is 25.8 Å². The number of nitrogen functional groups attached to an aromatic ring is 1. The van der Waals surface area contributed by atoms with Crippen molar-refractivity contribution in [2.75, 3.05) is 30.6 Å². The number of carbonyl (C=O) groups excluding carboxylic acids is 1. The Morgan fingerprint density at radius 2 is 1.83 bits per heavy atom. The molecule has 0 saturated heterocycles. The third-order valence-electron chi connectivity index (χ3n) is 4.29. The molecule has 0 spiro atoms. The molecule has 154 valence electrons. The molecule has 0 saturated carbocycles. The number of benzene rings is 2. The fourth-order valence-electron chi connectivity index (χ4n) is 2.72. The Labute approximate surface area is 183 Å². The summed E-state index contributed by atoms with van der Waals surface area (Å²) in [5.41, 5.74) is 8.67. The van der Waals surface area contributed by atoms with Gasteiger partial charge in [0.15, 0.2) is 0 Å². The molecule has 0 unspecified atom stereocenters. The van der Waals surface area contributed by atoms with E-state index in [9.17, 15) is 10.1 Å². The normalized spacial score (nSPS) is 10.2. The molecule has 4 N–H and O–H groups in total. The minimum Gasteiger partial charge on any atom is -0.495 e. The maximum Gasteiger partial charge on any atom is 0.268 e. The maximum atomic E-state index is 12.9. The summed E-state index contributed by atoms with van der Waals surface area (Å²) in [6.07, 6.45) is 0. The van der Waals surface area contributed by atoms with Crippen LogP contribution >= 0.6 is 22.9 Å². The molecule has 7 nitrogen and oxygen atoms in total. The van der Waals surface area contributed by atoms with E-state index in [-0.39, 0.29) is 16.1 Å². The fourth-order valence-corrected chi connectivity index (χ4v) is 3.94. The molecule has 0 radical (unpaired) electrons. The Bertz CT molecular complexity index is 1140. The van der Waals surface area contributed by atoms with Crippen molar-refractivity contribution in [1.82, 2.24) is 0 Å². The summed E-state index contributed by atoms with van der Waals surface area (Å²) in [5.74, 6) is 0.308. The van der Waals surface area contributed by atoms with E-state index in [0.717, 1.165) is 22.6 Å². The second-order valence-electron chi connectivity index (χ2n) is 6.29. The van der Waals surface area contributed by atoms with Gasteiger partial charge in [0.1, 0.15) is 33.0 Å². The van der Waals surface area contributed by atoms with Crippen LogP contribution in [0, 0.1) is 18.3 Å². The third-order valence-corrected chi connectivity index (χ3v) is 5.71. The molecule has 0 aliphatic heterocycles. The first-order valence-electron chi connectivity index (χ1n) is 8.76. The zero-order valence-corrected chi connectivity index (χ0v) is 18.1. The topological polar surface area (TPSA) is 109 Å². The van der Waals surface area contributed by atoms with E-state index >= 15 is 0 Å². The number of ether oxygens (including phenoxy) is 2. The Morgan fingerprint density at radius 1 is 1.17 bits per heavy atom. The molecule has 3 rings (SSSR count). The van der Waals surface area contributed by atoms with Crippen LogP contribution in [-0.4, -0.2) is 20.1 Å². The molecule has 2 aromatic carbocycles. The number of methoxy groups -OCH3 is 2. The van der Waals surface area contributed by atoms with Crippen LogP contribution in [0.25, 0.3) is 0 Å². The quantitative estimate of drug-likeness (QED) is 0.485. The number of nitrogens with zero attached hydrogens (tertiary/aromatic N) is 1. The highest BCUT2D eigenvalue weighted by Gasteiger charge is 2.23. The smallest absolute Gasteiger partial charge is 0.268 e. The summed E-state index contributed by atoms with van der Waals surface area (Å²) in [6, 6.07) is 12.8. The van der Waals surface area contributed by atoms with Crippen LogP contribution in [-0.2, 0) is 0 Å². The molecule has 30 heavy (non-hydrogen) atoms. The summed E-state index contributed by atoms with van der Waals surface area (Å²) in [5, 5.41) is 16.2. The van der Waals surface area contributed by atoms with Gasteiger partial charge in [-0.15, -0.1) is 11.3 Å². The number of thiophene rings is 1. The Morgan fingerprint density at radius 3 is 2.43 bits per heavy atom. The largest absolute Gasteiger partial charge is 0.495 e. The number of hydrogen-bond donors (Lipinski definition) is 3. The van der Waals surface area contributed by atoms with Crippen LogP contribution in [0.1, 0.15) is 20.8 Å². The predicted octanol–water partition coefficient (Wildman–Crippen LogP) is 5.18. The van der Waals surface area contributed by atoms with E-state index in [2.05, 4.69) is 16.7 Å². The number of carbonyl (C=O) groups is 1. The SMILES string of the molecule is COc1cc(OC)c(NC(=O)c2sc(Nc3ccc(C)cc3)c(C#N)c2N)cc1Cl. The monoisotopic (exact) mass is 442 g/mol. The van der Waals surface area contributed by atoms with Gasteiger partial charge in [-0.05, 0) is 25.1 Å². The van der Waals surface area contributed by atoms with Gasteiger partial charge in [0, 0.05) is 11.8 Å². The van der Waals surface area contributed by atoms with E-state index in [1.165, 1.54) is 20.3 Å². The number of nitrogens with two attached hydrogens (primary N) is 1. The Kier molecular flexibility index (Phi) is 6.35. The number of aryl methyl sites for hydroxylation is 1. The Balaban J connectivity index is 1.92. The number of anilines is 4. The van der Waals surface area contributed by atoms with Gasteiger partial charge in [-0.1, -0.05) is 29.3 Å². The van der Waals surface area contributed by atoms with Gasteiger partial charge < -0.3 is 25.8 Å². The number of halogens is 1. The first-order valence-corrected chi connectivity index (χ1v) is 9.96. The highest BCUT2D eigenvalue weighted by atomic mass is 35.5. The van der Waals surface area contributed by atoms with Crippen molar-refractivity contribution >= 4 is 50.9 Å². The number of rotatable bonds is 6. The molecule has 3 aromatic rings. The average molecular weight is 443 g/mol. The summed E-state index contributed by atoms with van der Waals surface area (Å²) < 4.78 is 10.5. The van der Waals surface area contributed by atoms with Crippen molar-refractivity contribution in [3.8, 4) is 17.6 Å². The van der Waals surface area contributed by atoms with Crippen molar-refractivity contribution in [2.45, 2.75) is 6.92 Å². The van der Waals surface area contributed by atoms with E-state index in [0.29, 0.717) is 27.2 Å². The summed E-state index contributed by atoms with van der Waals surface area (Å²) in [7, 11) is 2.95. The van der Waals surface area contributed by atoms with Crippen molar-refractivity contribution in [1.29, 1.82) is 5.26 Å². The van der Waals surface area contributed by atoms with E-state index in [4.69, 9.17) is 26.8 Å². The first kappa shape index (κ1) is 21.3. The lowest BCUT2D eigenvalue weighted by atomic mass is 10.2. The predicted molar refractivity (Wildman–Crippen MR) is 120 cm³/mol. The highest BCUT2D eigenvalue weighted by molar-refractivity contribution is 7.19.